The summed E-state index contributed by atoms with van der Waals surface area (Å²) in [6.07, 6.45) is 6.49. The number of aliphatic hydroxyl groups is 1. The molecule has 3 aromatic heterocycles. The molecule has 4 heterocycles. The van der Waals surface area contributed by atoms with Crippen LogP contribution >= 0.6 is 0 Å². The van der Waals surface area contributed by atoms with E-state index < -0.39 is 0 Å². The van der Waals surface area contributed by atoms with Crippen LogP contribution in [0.1, 0.15) is 62.7 Å². The lowest BCUT2D eigenvalue weighted by atomic mass is 10.0. The Balaban J connectivity index is 1.47. The molecule has 9 nitrogen and oxygen atoms in total. The Bertz CT molecular complexity index is 1230. The van der Waals surface area contributed by atoms with E-state index in [4.69, 9.17) is 9.84 Å². The number of aromatic nitrogens is 6. The molecule has 1 aromatic carbocycles. The minimum absolute atomic E-state index is 0.0188. The van der Waals surface area contributed by atoms with Crippen molar-refractivity contribution in [2.24, 2.45) is 0 Å². The molecule has 2 atom stereocenters. The second kappa shape index (κ2) is 8.84. The molecule has 2 unspecified atom stereocenters. The molecule has 32 heavy (non-hydrogen) atoms. The molecule has 0 saturated carbocycles. The van der Waals surface area contributed by atoms with Crippen LogP contribution in [0, 0.1) is 6.92 Å². The van der Waals surface area contributed by atoms with Gasteiger partial charge in [0.25, 0.3) is 0 Å². The zero-order valence-corrected chi connectivity index (χ0v) is 18.5. The Hall–Kier alpha value is -3.04. The van der Waals surface area contributed by atoms with E-state index in [2.05, 4.69) is 39.4 Å². The molecule has 0 radical (unpaired) electrons. The Morgan fingerprint density at radius 1 is 1.25 bits per heavy atom. The molecule has 0 bridgehead atoms. The molecule has 1 fully saturated rings. The van der Waals surface area contributed by atoms with Crippen molar-refractivity contribution in [3.05, 3.63) is 42.0 Å². The van der Waals surface area contributed by atoms with E-state index in [0.717, 1.165) is 66.0 Å². The van der Waals surface area contributed by atoms with E-state index in [1.165, 1.54) is 0 Å². The smallest absolute Gasteiger partial charge is 0.247 e. The van der Waals surface area contributed by atoms with Gasteiger partial charge in [-0.05, 0) is 57.2 Å². The lowest BCUT2D eigenvalue weighted by Gasteiger charge is -2.23. The third-order valence-corrected chi connectivity index (χ3v) is 6.19. The summed E-state index contributed by atoms with van der Waals surface area (Å²) in [5, 5.41) is 23.3. The molecule has 168 valence electrons. The average Bonchev–Trinajstić information content (AvgIpc) is 3.38. The van der Waals surface area contributed by atoms with Crippen LogP contribution in [-0.4, -0.2) is 47.7 Å². The van der Waals surface area contributed by atoms with Crippen molar-refractivity contribution in [3.8, 4) is 0 Å². The number of anilines is 2. The third-order valence-electron chi connectivity index (χ3n) is 6.19. The van der Waals surface area contributed by atoms with Gasteiger partial charge in [-0.2, -0.15) is 14.6 Å². The second-order valence-corrected chi connectivity index (χ2v) is 8.33. The number of ether oxygens (including phenoxy) is 1. The van der Waals surface area contributed by atoms with E-state index >= 15 is 0 Å². The first-order valence-electron chi connectivity index (χ1n) is 11.4. The summed E-state index contributed by atoms with van der Waals surface area (Å²) in [4.78, 5) is 9.15. The van der Waals surface area contributed by atoms with Gasteiger partial charge < -0.3 is 15.2 Å². The highest BCUT2D eigenvalue weighted by Crippen LogP contribution is 2.30. The lowest BCUT2D eigenvalue weighted by molar-refractivity contribution is -0.0368. The summed E-state index contributed by atoms with van der Waals surface area (Å²) in [6.45, 7) is 5.02. The van der Waals surface area contributed by atoms with Gasteiger partial charge in [-0.25, -0.2) is 9.67 Å². The quantitative estimate of drug-likeness (QED) is 0.450. The second-order valence-electron chi connectivity index (χ2n) is 8.33. The summed E-state index contributed by atoms with van der Waals surface area (Å²) in [5.41, 5.74) is 3.66. The van der Waals surface area contributed by atoms with Crippen LogP contribution in [0.25, 0.3) is 16.6 Å². The molecule has 1 saturated heterocycles. The lowest BCUT2D eigenvalue weighted by Crippen LogP contribution is -2.19. The first-order valence-corrected chi connectivity index (χ1v) is 11.4. The van der Waals surface area contributed by atoms with Gasteiger partial charge >= 0.3 is 0 Å². The van der Waals surface area contributed by atoms with E-state index in [9.17, 15) is 5.11 Å². The number of rotatable bonds is 7. The molecule has 0 aliphatic carbocycles. The first kappa shape index (κ1) is 20.8. The fourth-order valence-electron chi connectivity index (χ4n) is 4.48. The fraction of sp³-hybridized carbons (Fsp3) is 0.478. The number of fused-ring (bicyclic) bond motifs is 2. The van der Waals surface area contributed by atoms with Crippen LogP contribution in [0.15, 0.2) is 30.5 Å². The Morgan fingerprint density at radius 3 is 2.94 bits per heavy atom. The molecule has 5 rings (SSSR count). The monoisotopic (exact) mass is 435 g/mol. The van der Waals surface area contributed by atoms with Gasteiger partial charge in [-0.3, -0.25) is 0 Å². The van der Waals surface area contributed by atoms with E-state index in [1.54, 1.807) is 10.7 Å². The van der Waals surface area contributed by atoms with Crippen LogP contribution in [0.2, 0.25) is 0 Å². The van der Waals surface area contributed by atoms with Crippen molar-refractivity contribution in [2.75, 3.05) is 18.5 Å². The molecule has 0 amide bonds. The maximum atomic E-state index is 9.40. The van der Waals surface area contributed by atoms with Crippen LogP contribution in [0.5, 0.6) is 0 Å². The Labute approximate surface area is 186 Å². The molecule has 1 aliphatic rings. The van der Waals surface area contributed by atoms with Crippen molar-refractivity contribution in [1.82, 2.24) is 29.4 Å². The van der Waals surface area contributed by atoms with Crippen LogP contribution in [0.3, 0.4) is 0 Å². The van der Waals surface area contributed by atoms with E-state index in [0.29, 0.717) is 12.4 Å². The van der Waals surface area contributed by atoms with Crippen molar-refractivity contribution in [3.63, 3.8) is 0 Å². The van der Waals surface area contributed by atoms with Crippen molar-refractivity contribution in [2.45, 2.75) is 58.1 Å². The van der Waals surface area contributed by atoms with Gasteiger partial charge in [-0.1, -0.05) is 6.92 Å². The fourth-order valence-corrected chi connectivity index (χ4v) is 4.48. The predicted molar refractivity (Wildman–Crippen MR) is 122 cm³/mol. The Kier molecular flexibility index (Phi) is 5.75. The Morgan fingerprint density at radius 2 is 2.16 bits per heavy atom. The number of hydrogen-bond donors (Lipinski definition) is 2. The number of aryl methyl sites for hydroxylation is 1. The van der Waals surface area contributed by atoms with Gasteiger partial charge in [0, 0.05) is 42.5 Å². The maximum Gasteiger partial charge on any atom is 0.247 e. The van der Waals surface area contributed by atoms with Crippen molar-refractivity contribution >= 4 is 28.2 Å². The highest BCUT2D eigenvalue weighted by Gasteiger charge is 2.21. The highest BCUT2D eigenvalue weighted by molar-refractivity contribution is 5.85. The van der Waals surface area contributed by atoms with Crippen molar-refractivity contribution < 1.29 is 9.84 Å². The largest absolute Gasteiger partial charge is 0.396 e. The minimum Gasteiger partial charge on any atom is -0.396 e. The summed E-state index contributed by atoms with van der Waals surface area (Å²) in [7, 11) is 0. The van der Waals surface area contributed by atoms with Gasteiger partial charge in [0.1, 0.15) is 5.82 Å². The van der Waals surface area contributed by atoms with Gasteiger partial charge in [-0.15, -0.1) is 5.10 Å². The zero-order chi connectivity index (χ0) is 22.1. The number of benzene rings is 1. The third kappa shape index (κ3) is 3.82. The summed E-state index contributed by atoms with van der Waals surface area (Å²) < 4.78 is 9.76. The summed E-state index contributed by atoms with van der Waals surface area (Å²) in [6, 6.07) is 8.03. The minimum atomic E-state index is -0.0188. The number of aliphatic hydroxyl groups excluding tert-OH is 1. The molecule has 4 aromatic rings. The number of nitrogens with one attached hydrogen (secondary N) is 1. The topological polar surface area (TPSA) is 102 Å². The van der Waals surface area contributed by atoms with Gasteiger partial charge in [0.05, 0.1) is 11.2 Å². The average molecular weight is 436 g/mol. The van der Waals surface area contributed by atoms with Crippen molar-refractivity contribution in [1.29, 1.82) is 0 Å². The molecule has 9 heteroatoms. The molecular weight excluding hydrogens is 406 g/mol. The summed E-state index contributed by atoms with van der Waals surface area (Å²) >= 11 is 0. The van der Waals surface area contributed by atoms with Gasteiger partial charge in [0.2, 0.25) is 5.95 Å². The molecule has 1 aliphatic heterocycles. The molecule has 2 N–H and O–H groups in total. The number of nitrogens with zero attached hydrogens (tertiary/aromatic N) is 6. The standard InChI is InChI=1S/C23H29N7O2/c1-3-16(10-12-31)22-24-11-9-20-26-23(28-30(20)22)25-17-7-8-18-15(2)27-29(19(18)14-17)21-6-4-5-13-32-21/h7-9,11,14,16,21,31H,3-6,10,12-13H2,1-2H3,(H,25,28). The number of hydrogen-bond acceptors (Lipinski definition) is 7. The van der Waals surface area contributed by atoms with Crippen LogP contribution in [-0.2, 0) is 4.74 Å². The van der Waals surface area contributed by atoms with Crippen LogP contribution < -0.4 is 5.32 Å². The normalized spacial score (nSPS) is 17.8. The first-order chi connectivity index (χ1) is 15.7. The van der Waals surface area contributed by atoms with E-state index in [1.807, 2.05) is 23.7 Å². The van der Waals surface area contributed by atoms with Crippen LogP contribution in [0.4, 0.5) is 11.6 Å². The SMILES string of the molecule is CCC(CCO)c1nccc2nc(Nc3ccc4c(C)nn(C5CCCCO5)c4c3)nn12. The summed E-state index contributed by atoms with van der Waals surface area (Å²) in [5.74, 6) is 1.45. The molecular formula is C23H29N7O2. The highest BCUT2D eigenvalue weighted by atomic mass is 16.5. The maximum absolute atomic E-state index is 9.40. The van der Waals surface area contributed by atoms with Gasteiger partial charge in [0.15, 0.2) is 11.9 Å². The predicted octanol–water partition coefficient (Wildman–Crippen LogP) is 4.10. The molecule has 0 spiro atoms. The zero-order valence-electron chi connectivity index (χ0n) is 18.5. The van der Waals surface area contributed by atoms with E-state index in [-0.39, 0.29) is 18.8 Å².